The van der Waals surface area contributed by atoms with Crippen LogP contribution in [0, 0.1) is 0 Å². The number of nitrogens with zero attached hydrogens (tertiary/aromatic N) is 1. The van der Waals surface area contributed by atoms with E-state index < -0.39 is 0 Å². The van der Waals surface area contributed by atoms with Gasteiger partial charge in [0.2, 0.25) is 0 Å². The molecule has 0 radical (unpaired) electrons. The van der Waals surface area contributed by atoms with Crippen LogP contribution in [0.15, 0.2) is 23.4 Å². The second-order valence-electron chi connectivity index (χ2n) is 4.58. The topological polar surface area (TPSA) is 51.0 Å². The fourth-order valence-corrected chi connectivity index (χ4v) is 2.24. The average Bonchev–Trinajstić information content (AvgIpc) is 2.90. The van der Waals surface area contributed by atoms with E-state index in [9.17, 15) is 0 Å². The van der Waals surface area contributed by atoms with E-state index in [1.807, 2.05) is 18.2 Å². The first-order chi connectivity index (χ1) is 8.74. The number of rotatable bonds is 4. The lowest BCUT2D eigenvalue weighted by Crippen LogP contribution is -2.12. The summed E-state index contributed by atoms with van der Waals surface area (Å²) in [7, 11) is 1.63. The molecule has 0 spiro atoms. The van der Waals surface area contributed by atoms with E-state index in [4.69, 9.17) is 14.7 Å². The van der Waals surface area contributed by atoms with Crippen LogP contribution in [-0.4, -0.2) is 24.1 Å². The minimum absolute atomic E-state index is 0.278. The lowest BCUT2D eigenvalue weighted by molar-refractivity contribution is 0.201. The Morgan fingerprint density at radius 3 is 2.61 bits per heavy atom. The smallest absolute Gasteiger partial charge is 0.162 e. The van der Waals surface area contributed by atoms with Crippen LogP contribution in [0.1, 0.15) is 38.2 Å². The number of methoxy groups -OCH3 is 1. The summed E-state index contributed by atoms with van der Waals surface area (Å²) in [5, 5.41) is 12.0. The maximum absolute atomic E-state index is 8.81. The highest BCUT2D eigenvalue weighted by Gasteiger charge is 2.18. The van der Waals surface area contributed by atoms with Crippen LogP contribution in [-0.2, 0) is 0 Å². The molecule has 0 bridgehead atoms. The van der Waals surface area contributed by atoms with E-state index in [1.54, 1.807) is 14.0 Å². The van der Waals surface area contributed by atoms with E-state index >= 15 is 0 Å². The number of hydrogen-bond donors (Lipinski definition) is 1. The normalized spacial score (nSPS) is 16.9. The van der Waals surface area contributed by atoms with Gasteiger partial charge in [0.05, 0.1) is 18.9 Å². The Morgan fingerprint density at radius 1 is 1.28 bits per heavy atom. The van der Waals surface area contributed by atoms with Crippen molar-refractivity contribution in [1.82, 2.24) is 0 Å². The van der Waals surface area contributed by atoms with Crippen LogP contribution in [0.5, 0.6) is 11.5 Å². The van der Waals surface area contributed by atoms with Gasteiger partial charge in [0.1, 0.15) is 0 Å². The highest BCUT2D eigenvalue weighted by atomic mass is 16.5. The van der Waals surface area contributed by atoms with Crippen LogP contribution in [0.4, 0.5) is 0 Å². The van der Waals surface area contributed by atoms with Crippen molar-refractivity contribution in [3.8, 4) is 11.5 Å². The quantitative estimate of drug-likeness (QED) is 0.506. The number of oxime groups is 1. The summed E-state index contributed by atoms with van der Waals surface area (Å²) < 4.78 is 11.3. The molecular weight excluding hydrogens is 230 g/mol. The summed E-state index contributed by atoms with van der Waals surface area (Å²) in [5.74, 6) is 1.45. The van der Waals surface area contributed by atoms with Crippen LogP contribution >= 0.6 is 0 Å². The molecule has 0 heterocycles. The van der Waals surface area contributed by atoms with E-state index in [0.717, 1.165) is 29.9 Å². The molecule has 4 nitrogen and oxygen atoms in total. The summed E-state index contributed by atoms with van der Waals surface area (Å²) in [6.45, 7) is 1.75. The summed E-state index contributed by atoms with van der Waals surface area (Å²) in [6.07, 6.45) is 4.93. The molecule has 2 rings (SSSR count). The van der Waals surface area contributed by atoms with Gasteiger partial charge < -0.3 is 14.7 Å². The second kappa shape index (κ2) is 5.76. The van der Waals surface area contributed by atoms with Crippen molar-refractivity contribution < 1.29 is 14.7 Å². The lowest BCUT2D eigenvalue weighted by atomic mass is 10.1. The Labute approximate surface area is 107 Å². The third-order valence-electron chi connectivity index (χ3n) is 3.33. The van der Waals surface area contributed by atoms with Gasteiger partial charge in [-0.25, -0.2) is 0 Å². The zero-order valence-electron chi connectivity index (χ0n) is 10.8. The fraction of sp³-hybridized carbons (Fsp3) is 0.500. The first-order valence-corrected chi connectivity index (χ1v) is 6.28. The Bertz CT molecular complexity index is 437. The molecule has 1 fully saturated rings. The zero-order valence-corrected chi connectivity index (χ0v) is 10.8. The molecule has 1 saturated carbocycles. The molecule has 1 aliphatic carbocycles. The maximum atomic E-state index is 8.81. The molecule has 1 aromatic rings. The largest absolute Gasteiger partial charge is 0.493 e. The molecule has 4 heteroatoms. The van der Waals surface area contributed by atoms with Crippen molar-refractivity contribution in [2.75, 3.05) is 7.11 Å². The average molecular weight is 249 g/mol. The summed E-state index contributed by atoms with van der Waals surface area (Å²) in [6, 6.07) is 5.57. The molecule has 0 amide bonds. The monoisotopic (exact) mass is 249 g/mol. The van der Waals surface area contributed by atoms with Gasteiger partial charge in [-0.15, -0.1) is 0 Å². The maximum Gasteiger partial charge on any atom is 0.162 e. The Balaban J connectivity index is 2.24. The number of hydrogen-bond acceptors (Lipinski definition) is 4. The minimum Gasteiger partial charge on any atom is -0.493 e. The van der Waals surface area contributed by atoms with Crippen molar-refractivity contribution in [2.24, 2.45) is 5.16 Å². The SMILES string of the molecule is COc1ccc(/C(C)=N/O)cc1OC1CCCC1. The molecule has 1 aromatic carbocycles. The second-order valence-corrected chi connectivity index (χ2v) is 4.58. The third kappa shape index (κ3) is 2.75. The van der Waals surface area contributed by atoms with Crippen molar-refractivity contribution in [3.63, 3.8) is 0 Å². The predicted molar refractivity (Wildman–Crippen MR) is 69.9 cm³/mol. The minimum atomic E-state index is 0.278. The van der Waals surface area contributed by atoms with Crippen LogP contribution < -0.4 is 9.47 Å². The molecule has 0 aliphatic heterocycles. The highest BCUT2D eigenvalue weighted by molar-refractivity contribution is 5.98. The van der Waals surface area contributed by atoms with Crippen molar-refractivity contribution in [3.05, 3.63) is 23.8 Å². The van der Waals surface area contributed by atoms with Gasteiger partial charge in [-0.3, -0.25) is 0 Å². The lowest BCUT2D eigenvalue weighted by Gasteiger charge is -2.16. The Hall–Kier alpha value is -1.71. The summed E-state index contributed by atoms with van der Waals surface area (Å²) in [5.41, 5.74) is 1.40. The Morgan fingerprint density at radius 2 is 2.00 bits per heavy atom. The van der Waals surface area contributed by atoms with Crippen LogP contribution in [0.2, 0.25) is 0 Å². The van der Waals surface area contributed by atoms with Gasteiger partial charge in [-0.1, -0.05) is 5.16 Å². The fourth-order valence-electron chi connectivity index (χ4n) is 2.24. The van der Waals surface area contributed by atoms with Crippen LogP contribution in [0.3, 0.4) is 0 Å². The number of ether oxygens (including phenoxy) is 2. The van der Waals surface area contributed by atoms with E-state index in [-0.39, 0.29) is 6.10 Å². The first-order valence-electron chi connectivity index (χ1n) is 6.28. The van der Waals surface area contributed by atoms with Gasteiger partial charge in [-0.2, -0.15) is 0 Å². The standard InChI is InChI=1S/C14H19NO3/c1-10(15-16)11-7-8-13(17-2)14(9-11)18-12-5-3-4-6-12/h7-9,12,16H,3-6H2,1-2H3/b15-10+. The van der Waals surface area contributed by atoms with Gasteiger partial charge >= 0.3 is 0 Å². The van der Waals surface area contributed by atoms with Crippen molar-refractivity contribution >= 4 is 5.71 Å². The third-order valence-corrected chi connectivity index (χ3v) is 3.33. The Kier molecular flexibility index (Phi) is 4.07. The summed E-state index contributed by atoms with van der Waals surface area (Å²) >= 11 is 0. The molecule has 0 aromatic heterocycles. The molecule has 98 valence electrons. The van der Waals surface area contributed by atoms with Gasteiger partial charge in [0.15, 0.2) is 11.5 Å². The van der Waals surface area contributed by atoms with E-state index in [0.29, 0.717) is 5.71 Å². The molecule has 1 aliphatic rings. The zero-order chi connectivity index (χ0) is 13.0. The van der Waals surface area contributed by atoms with Crippen molar-refractivity contribution in [1.29, 1.82) is 0 Å². The van der Waals surface area contributed by atoms with Gasteiger partial charge in [0, 0.05) is 5.56 Å². The number of benzene rings is 1. The van der Waals surface area contributed by atoms with Crippen LogP contribution in [0.25, 0.3) is 0 Å². The molecular formula is C14H19NO3. The molecule has 0 saturated heterocycles. The summed E-state index contributed by atoms with van der Waals surface area (Å²) in [4.78, 5) is 0. The van der Waals surface area contributed by atoms with E-state index in [2.05, 4.69) is 5.16 Å². The molecule has 1 N–H and O–H groups in total. The molecule has 0 unspecified atom stereocenters. The first kappa shape index (κ1) is 12.7. The highest BCUT2D eigenvalue weighted by Crippen LogP contribution is 2.32. The van der Waals surface area contributed by atoms with Gasteiger partial charge in [0.25, 0.3) is 0 Å². The van der Waals surface area contributed by atoms with E-state index in [1.165, 1.54) is 12.8 Å². The molecule has 0 atom stereocenters. The van der Waals surface area contributed by atoms with Gasteiger partial charge in [-0.05, 0) is 50.8 Å². The molecule has 18 heavy (non-hydrogen) atoms. The van der Waals surface area contributed by atoms with Crippen molar-refractivity contribution in [2.45, 2.75) is 38.7 Å². The predicted octanol–water partition coefficient (Wildman–Crippen LogP) is 3.21.